The van der Waals surface area contributed by atoms with Crippen molar-refractivity contribution in [1.29, 1.82) is 0 Å². The first-order valence-electron chi connectivity index (χ1n) is 13.9. The molecular weight excluding hydrogens is 586 g/mol. The zero-order chi connectivity index (χ0) is 33.2. The van der Waals surface area contributed by atoms with E-state index in [1.54, 1.807) is 0 Å². The van der Waals surface area contributed by atoms with E-state index in [2.05, 4.69) is 16.1 Å². The molecule has 0 saturated carbocycles. The maximum absolute atomic E-state index is 12.9. The van der Waals surface area contributed by atoms with Crippen LogP contribution in [0.15, 0.2) is 12.2 Å². The Balaban J connectivity index is 2.65. The number of amides is 7. The van der Waals surface area contributed by atoms with Gasteiger partial charge in [-0.3, -0.25) is 53.5 Å². The molecule has 1 heterocycles. The van der Waals surface area contributed by atoms with Crippen molar-refractivity contribution in [3.05, 3.63) is 12.2 Å². The lowest BCUT2D eigenvalue weighted by Gasteiger charge is -2.22. The Hall–Kier alpha value is -4.71. The number of nitrogens with zero attached hydrogens (tertiary/aromatic N) is 2. The highest BCUT2D eigenvalue weighted by atomic mass is 16.4. The number of hydrogen-bond donors (Lipinski definition) is 7. The molecule has 0 aliphatic carbocycles. The van der Waals surface area contributed by atoms with Gasteiger partial charge in [0.1, 0.15) is 0 Å². The van der Waals surface area contributed by atoms with Crippen molar-refractivity contribution >= 4 is 53.3 Å². The van der Waals surface area contributed by atoms with E-state index in [4.69, 9.17) is 21.7 Å². The third kappa shape index (κ3) is 14.5. The fourth-order valence-corrected chi connectivity index (χ4v) is 3.72. The van der Waals surface area contributed by atoms with Crippen LogP contribution in [-0.2, 0) is 43.2 Å². The van der Waals surface area contributed by atoms with Gasteiger partial charge in [-0.25, -0.2) is 0 Å². The van der Waals surface area contributed by atoms with Gasteiger partial charge in [-0.05, 0) is 25.7 Å². The number of hydrazine groups is 1. The molecule has 0 aromatic heterocycles. The molecule has 44 heavy (non-hydrogen) atoms. The second-order valence-electron chi connectivity index (χ2n) is 9.79. The number of aliphatic carboxylic acids is 2. The monoisotopic (exact) mass is 625 g/mol. The zero-order valence-electron chi connectivity index (χ0n) is 24.1. The van der Waals surface area contributed by atoms with Crippen LogP contribution in [-0.4, -0.2) is 105 Å². The van der Waals surface area contributed by atoms with Crippen molar-refractivity contribution in [2.24, 2.45) is 11.5 Å². The van der Waals surface area contributed by atoms with Crippen LogP contribution in [0.1, 0.15) is 64.2 Å². The zero-order valence-corrected chi connectivity index (χ0v) is 24.1. The van der Waals surface area contributed by atoms with E-state index in [-0.39, 0.29) is 64.6 Å². The van der Waals surface area contributed by atoms with Gasteiger partial charge in [0.2, 0.25) is 29.5 Å². The molecule has 0 spiro atoms. The van der Waals surface area contributed by atoms with Gasteiger partial charge in [0.05, 0.1) is 12.1 Å². The first-order chi connectivity index (χ1) is 20.7. The predicted octanol–water partition coefficient (Wildman–Crippen LogP) is -2.74. The van der Waals surface area contributed by atoms with E-state index in [1.807, 2.05) is 0 Å². The normalized spacial score (nSPS) is 13.6. The van der Waals surface area contributed by atoms with Crippen LogP contribution in [0.2, 0.25) is 0 Å². The predicted molar refractivity (Wildman–Crippen MR) is 149 cm³/mol. The Labute approximate surface area is 252 Å². The highest BCUT2D eigenvalue weighted by Crippen LogP contribution is 2.09. The third-order valence-corrected chi connectivity index (χ3v) is 6.21. The number of carboxylic acids is 2. The maximum atomic E-state index is 12.9. The highest BCUT2D eigenvalue weighted by Gasteiger charge is 2.25. The number of hydrogen-bond acceptors (Lipinski definition) is 11. The summed E-state index contributed by atoms with van der Waals surface area (Å²) in [6.07, 6.45) is 1.49. The van der Waals surface area contributed by atoms with Crippen LogP contribution in [0.25, 0.3) is 0 Å². The lowest BCUT2D eigenvalue weighted by atomic mass is 10.1. The van der Waals surface area contributed by atoms with Crippen molar-refractivity contribution in [2.75, 3.05) is 19.6 Å². The van der Waals surface area contributed by atoms with Gasteiger partial charge in [0.25, 0.3) is 11.8 Å². The SMILES string of the molecule is N[C@@H](CCC(=O)O)C(=O)NCCC(=O)NN(C(=O)CCCCCN1C(=O)C=CC1=O)C(=O)CCNC(=O)[C@@H](N)CCC(=O)O. The molecule has 244 valence electrons. The number of rotatable bonds is 20. The van der Waals surface area contributed by atoms with Crippen LogP contribution in [0, 0.1) is 0 Å². The summed E-state index contributed by atoms with van der Waals surface area (Å²) in [5.41, 5.74) is 13.4. The Bertz CT molecular complexity index is 1120. The number of nitrogens with two attached hydrogens (primary N) is 2. The molecule has 0 aromatic carbocycles. The van der Waals surface area contributed by atoms with Crippen LogP contribution < -0.4 is 27.5 Å². The van der Waals surface area contributed by atoms with E-state index in [9.17, 15) is 43.2 Å². The number of carbonyl (C=O) groups excluding carboxylic acids is 7. The molecule has 0 fully saturated rings. The first kappa shape index (κ1) is 37.3. The molecule has 1 aliphatic heterocycles. The molecule has 0 bridgehead atoms. The van der Waals surface area contributed by atoms with E-state index in [1.165, 1.54) is 0 Å². The third-order valence-electron chi connectivity index (χ3n) is 6.21. The molecule has 0 unspecified atom stereocenters. The summed E-state index contributed by atoms with van der Waals surface area (Å²) in [6.45, 7) is -0.346. The topological polar surface area (TPSA) is 289 Å². The molecule has 0 saturated heterocycles. The molecule has 1 rings (SSSR count). The number of carboxylic acid groups (broad SMARTS) is 2. The minimum absolute atomic E-state index is 0.118. The number of nitrogens with one attached hydrogen (secondary N) is 3. The van der Waals surface area contributed by atoms with Crippen molar-refractivity contribution in [3.8, 4) is 0 Å². The summed E-state index contributed by atoms with van der Waals surface area (Å²) < 4.78 is 0. The number of carbonyl (C=O) groups is 9. The van der Waals surface area contributed by atoms with E-state index in [0.29, 0.717) is 17.9 Å². The van der Waals surface area contributed by atoms with Gasteiger partial charge in [0, 0.05) is 63.9 Å². The van der Waals surface area contributed by atoms with Gasteiger partial charge in [-0.1, -0.05) is 6.42 Å². The Kier molecular flexibility index (Phi) is 16.5. The lowest BCUT2D eigenvalue weighted by Crippen LogP contribution is -2.51. The molecule has 2 atom stereocenters. The highest BCUT2D eigenvalue weighted by molar-refractivity contribution is 6.12. The smallest absolute Gasteiger partial charge is 0.303 e. The van der Waals surface area contributed by atoms with Gasteiger partial charge < -0.3 is 32.3 Å². The summed E-state index contributed by atoms with van der Waals surface area (Å²) in [6, 6.07) is -2.24. The summed E-state index contributed by atoms with van der Waals surface area (Å²) >= 11 is 0. The summed E-state index contributed by atoms with van der Waals surface area (Å²) in [5.74, 6) is -6.98. The van der Waals surface area contributed by atoms with Crippen LogP contribution >= 0.6 is 0 Å². The second-order valence-corrected chi connectivity index (χ2v) is 9.79. The van der Waals surface area contributed by atoms with Gasteiger partial charge in [-0.15, -0.1) is 0 Å². The quantitative estimate of drug-likeness (QED) is 0.0411. The summed E-state index contributed by atoms with van der Waals surface area (Å²) in [7, 11) is 0. The molecule has 9 N–H and O–H groups in total. The van der Waals surface area contributed by atoms with Crippen molar-refractivity contribution in [3.63, 3.8) is 0 Å². The number of unbranched alkanes of at least 4 members (excludes halogenated alkanes) is 2. The molecule has 7 amide bonds. The van der Waals surface area contributed by atoms with Crippen molar-refractivity contribution in [1.82, 2.24) is 26.0 Å². The van der Waals surface area contributed by atoms with E-state index < -0.39 is 71.8 Å². The fourth-order valence-electron chi connectivity index (χ4n) is 3.72. The minimum atomic E-state index is -1.14. The van der Waals surface area contributed by atoms with E-state index >= 15 is 0 Å². The standard InChI is InChI=1S/C26H39N7O11/c27-16(5-9-23(39)40)25(43)29-13-11-18(34)31-33(22(38)12-14-30-26(44)17(28)6-10-24(41)42)21(37)4-2-1-3-15-32-19(35)7-8-20(32)36/h7-8,16-17H,1-6,9-15,27-28H2,(H,29,43)(H,30,44)(H,31,34)(H,39,40)(H,41,42)/t16-,17-/m0/s1. The van der Waals surface area contributed by atoms with Crippen LogP contribution in [0.5, 0.6) is 0 Å². The average molecular weight is 626 g/mol. The molecule has 18 heteroatoms. The van der Waals surface area contributed by atoms with E-state index in [0.717, 1.165) is 17.1 Å². The summed E-state index contributed by atoms with van der Waals surface area (Å²) in [4.78, 5) is 108. The number of imide groups is 2. The van der Waals surface area contributed by atoms with Crippen LogP contribution in [0.4, 0.5) is 0 Å². The van der Waals surface area contributed by atoms with Crippen LogP contribution in [0.3, 0.4) is 0 Å². The van der Waals surface area contributed by atoms with Crippen molar-refractivity contribution in [2.45, 2.75) is 76.3 Å². The fraction of sp³-hybridized carbons (Fsp3) is 0.577. The molecule has 0 aromatic rings. The van der Waals surface area contributed by atoms with Gasteiger partial charge >= 0.3 is 11.9 Å². The minimum Gasteiger partial charge on any atom is -0.481 e. The molecular formula is C26H39N7O11. The molecule has 0 radical (unpaired) electrons. The Morgan fingerprint density at radius 1 is 0.705 bits per heavy atom. The van der Waals surface area contributed by atoms with Gasteiger partial charge in [-0.2, -0.15) is 5.01 Å². The largest absolute Gasteiger partial charge is 0.481 e. The average Bonchev–Trinajstić information content (AvgIpc) is 3.28. The van der Waals surface area contributed by atoms with Gasteiger partial charge in [0.15, 0.2) is 0 Å². The lowest BCUT2D eigenvalue weighted by molar-refractivity contribution is -0.153. The second kappa shape index (κ2) is 19.5. The summed E-state index contributed by atoms with van der Waals surface area (Å²) in [5, 5.41) is 22.6. The molecule has 18 nitrogen and oxygen atoms in total. The Morgan fingerprint density at radius 2 is 1.18 bits per heavy atom. The van der Waals surface area contributed by atoms with Crippen molar-refractivity contribution < 1.29 is 53.4 Å². The maximum Gasteiger partial charge on any atom is 0.303 e. The molecule has 1 aliphatic rings. The Morgan fingerprint density at radius 3 is 1.68 bits per heavy atom. The first-order valence-corrected chi connectivity index (χ1v) is 13.9.